The predicted octanol–water partition coefficient (Wildman–Crippen LogP) is 4.65. The molecule has 28 heavy (non-hydrogen) atoms. The van der Waals surface area contributed by atoms with Crippen LogP contribution < -0.4 is 10.6 Å². The smallest absolute Gasteiger partial charge is 0.365 e. The Bertz CT molecular complexity index is 980. The molecule has 2 aliphatic rings. The lowest BCUT2D eigenvalue weighted by atomic mass is 10.2. The number of nitrogens with two attached hydrogens (primary N) is 1. The third-order valence-corrected chi connectivity index (χ3v) is 6.34. The fourth-order valence-electron chi connectivity index (χ4n) is 3.24. The van der Waals surface area contributed by atoms with Gasteiger partial charge >= 0.3 is 6.18 Å². The summed E-state index contributed by atoms with van der Waals surface area (Å²) in [7, 11) is 0. The number of carbonyl (C=O) groups excluding carboxylic acids is 1. The number of carbonyl (C=O) groups is 1. The molecule has 148 valence electrons. The van der Waals surface area contributed by atoms with Crippen molar-refractivity contribution in [3.8, 4) is 5.69 Å². The highest BCUT2D eigenvalue weighted by Gasteiger charge is 2.42. The van der Waals surface area contributed by atoms with Gasteiger partial charge in [0.1, 0.15) is 0 Å². The van der Waals surface area contributed by atoms with E-state index in [1.54, 1.807) is 24.3 Å². The van der Waals surface area contributed by atoms with Crippen LogP contribution >= 0.6 is 23.4 Å². The second-order valence-electron chi connectivity index (χ2n) is 6.73. The van der Waals surface area contributed by atoms with Crippen LogP contribution in [0.25, 0.3) is 5.69 Å². The fraction of sp³-hybridized carbons (Fsp3) is 0.333. The lowest BCUT2D eigenvalue weighted by Gasteiger charge is -2.19. The van der Waals surface area contributed by atoms with Crippen molar-refractivity contribution < 1.29 is 18.0 Å². The number of rotatable bonds is 4. The molecule has 1 aromatic carbocycles. The number of nitrogens with zero attached hydrogens (tertiary/aromatic N) is 3. The molecule has 0 saturated heterocycles. The molecule has 1 aliphatic carbocycles. The normalized spacial score (nSPS) is 17.5. The zero-order valence-electron chi connectivity index (χ0n) is 14.8. The molecule has 1 fully saturated rings. The number of primary amides is 1. The Labute approximate surface area is 168 Å². The number of halogens is 4. The third-order valence-electron chi connectivity index (χ3n) is 4.79. The first kappa shape index (κ1) is 19.2. The van der Waals surface area contributed by atoms with Crippen molar-refractivity contribution >= 4 is 35.0 Å². The highest BCUT2D eigenvalue weighted by molar-refractivity contribution is 8.04. The Morgan fingerprint density at radius 1 is 1.25 bits per heavy atom. The second-order valence-corrected chi connectivity index (χ2v) is 8.06. The molecule has 2 aromatic rings. The van der Waals surface area contributed by atoms with Gasteiger partial charge in [0.2, 0.25) is 0 Å². The van der Waals surface area contributed by atoms with Crippen LogP contribution in [0.5, 0.6) is 0 Å². The van der Waals surface area contributed by atoms with Gasteiger partial charge in [0.15, 0.2) is 5.69 Å². The monoisotopic (exact) mass is 428 g/mol. The summed E-state index contributed by atoms with van der Waals surface area (Å²) in [6, 6.07) is 6.96. The molecule has 0 spiro atoms. The Morgan fingerprint density at radius 3 is 2.36 bits per heavy atom. The van der Waals surface area contributed by atoms with Crippen LogP contribution in [-0.4, -0.2) is 21.6 Å². The zero-order chi connectivity index (χ0) is 20.2. The van der Waals surface area contributed by atoms with Crippen molar-refractivity contribution in [3.63, 3.8) is 0 Å². The van der Waals surface area contributed by atoms with E-state index in [-0.39, 0.29) is 10.9 Å². The Kier molecular flexibility index (Phi) is 4.62. The van der Waals surface area contributed by atoms with Gasteiger partial charge in [-0.25, -0.2) is 4.68 Å². The molecule has 1 saturated carbocycles. The molecule has 0 bridgehead atoms. The van der Waals surface area contributed by atoms with E-state index < -0.39 is 17.8 Å². The van der Waals surface area contributed by atoms with Crippen LogP contribution in [0.3, 0.4) is 0 Å². The number of hydrogen-bond donors (Lipinski definition) is 1. The maximum absolute atomic E-state index is 13.2. The van der Waals surface area contributed by atoms with Gasteiger partial charge in [0.25, 0.3) is 5.91 Å². The van der Waals surface area contributed by atoms with Crippen LogP contribution in [0, 0.1) is 0 Å². The molecule has 4 rings (SSSR count). The maximum Gasteiger partial charge on any atom is 0.436 e. The number of alkyl halides is 3. The van der Waals surface area contributed by atoms with Crippen LogP contribution in [-0.2, 0) is 11.0 Å². The van der Waals surface area contributed by atoms with Crippen LogP contribution in [0.1, 0.15) is 37.1 Å². The van der Waals surface area contributed by atoms with E-state index in [1.807, 2.05) is 11.8 Å². The van der Waals surface area contributed by atoms with E-state index in [0.29, 0.717) is 22.2 Å². The summed E-state index contributed by atoms with van der Waals surface area (Å²) < 4.78 is 41.0. The summed E-state index contributed by atoms with van der Waals surface area (Å²) in [5, 5.41) is 3.44. The van der Waals surface area contributed by atoms with Crippen molar-refractivity contribution in [2.45, 2.75) is 31.9 Å². The number of thioether (sulfide) groups is 1. The first-order chi connectivity index (χ1) is 13.2. The molecule has 2 N–H and O–H groups in total. The minimum atomic E-state index is -4.61. The van der Waals surface area contributed by atoms with E-state index in [0.717, 1.165) is 24.2 Å². The van der Waals surface area contributed by atoms with E-state index in [4.69, 9.17) is 17.3 Å². The fourth-order valence-corrected chi connectivity index (χ4v) is 4.68. The molecule has 1 amide bonds. The molecule has 1 aromatic heterocycles. The van der Waals surface area contributed by atoms with Crippen molar-refractivity contribution in [2.75, 3.05) is 10.8 Å². The van der Waals surface area contributed by atoms with Crippen LogP contribution in [0.15, 0.2) is 34.9 Å². The predicted molar refractivity (Wildman–Crippen MR) is 102 cm³/mol. The summed E-state index contributed by atoms with van der Waals surface area (Å²) in [4.78, 5) is 13.9. The molecule has 0 atom stereocenters. The molecule has 0 radical (unpaired) electrons. The van der Waals surface area contributed by atoms with E-state index >= 15 is 0 Å². The van der Waals surface area contributed by atoms with Gasteiger partial charge in [-0.1, -0.05) is 23.4 Å². The summed E-state index contributed by atoms with van der Waals surface area (Å²) in [6.45, 7) is 1.81. The molecular weight excluding hydrogens is 413 g/mol. The molecule has 2 heterocycles. The minimum Gasteiger partial charge on any atom is -0.365 e. The summed E-state index contributed by atoms with van der Waals surface area (Å²) >= 11 is 7.39. The Hall–Kier alpha value is -2.13. The Morgan fingerprint density at radius 2 is 1.86 bits per heavy atom. The highest BCUT2D eigenvalue weighted by atomic mass is 35.5. The van der Waals surface area contributed by atoms with Gasteiger partial charge in [-0.15, -0.1) is 0 Å². The molecule has 1 aliphatic heterocycles. The van der Waals surface area contributed by atoms with Crippen LogP contribution in [0.2, 0.25) is 5.02 Å². The third kappa shape index (κ3) is 3.26. The van der Waals surface area contributed by atoms with E-state index in [1.165, 1.54) is 16.4 Å². The number of aromatic nitrogens is 2. The van der Waals surface area contributed by atoms with Gasteiger partial charge < -0.3 is 10.6 Å². The van der Waals surface area contributed by atoms with Crippen molar-refractivity contribution in [1.82, 2.24) is 9.78 Å². The lowest BCUT2D eigenvalue weighted by Crippen LogP contribution is -2.17. The topological polar surface area (TPSA) is 64.2 Å². The molecule has 10 heteroatoms. The average molecular weight is 429 g/mol. The van der Waals surface area contributed by atoms with E-state index in [2.05, 4.69) is 5.10 Å². The summed E-state index contributed by atoms with van der Waals surface area (Å²) in [5.41, 5.74) is 6.80. The number of anilines is 1. The number of allylic oxidation sites excluding steroid dienone is 1. The number of amides is 1. The maximum atomic E-state index is 13.2. The van der Waals surface area contributed by atoms with Crippen molar-refractivity contribution in [3.05, 3.63) is 51.3 Å². The van der Waals surface area contributed by atoms with Gasteiger partial charge in [-0.3, -0.25) is 4.79 Å². The SMILES string of the molecule is CC1=C(C(N)=O)SCN1c1ccc(-n2nc(C(F)(F)F)c(Cl)c2C2CC2)cc1. The van der Waals surface area contributed by atoms with Crippen LogP contribution in [0.4, 0.5) is 18.9 Å². The quantitative estimate of drug-likeness (QED) is 0.770. The molecule has 0 unspecified atom stereocenters. The van der Waals surface area contributed by atoms with Crippen molar-refractivity contribution in [2.24, 2.45) is 5.73 Å². The highest BCUT2D eigenvalue weighted by Crippen LogP contribution is 2.47. The first-order valence-electron chi connectivity index (χ1n) is 8.55. The standard InChI is InChI=1S/C18H16ClF3N4OS/c1-9-15(17(23)27)28-8-25(9)11-4-6-12(7-5-11)26-14(10-2-3-10)13(19)16(24-26)18(20,21)22/h4-7,10H,2-3,8H2,1H3,(H2,23,27). The lowest BCUT2D eigenvalue weighted by molar-refractivity contribution is -0.141. The Balaban J connectivity index is 1.70. The largest absolute Gasteiger partial charge is 0.436 e. The minimum absolute atomic E-state index is 0.00550. The number of hydrogen-bond acceptors (Lipinski definition) is 4. The van der Waals surface area contributed by atoms with Gasteiger partial charge in [-0.05, 0) is 44.0 Å². The zero-order valence-corrected chi connectivity index (χ0v) is 16.3. The average Bonchev–Trinajstić information content (AvgIpc) is 3.28. The summed E-state index contributed by atoms with van der Waals surface area (Å²) in [5.74, 6) is 0.0680. The van der Waals surface area contributed by atoms with E-state index in [9.17, 15) is 18.0 Å². The molecule has 5 nitrogen and oxygen atoms in total. The summed E-state index contributed by atoms with van der Waals surface area (Å²) in [6.07, 6.45) is -3.01. The number of benzene rings is 1. The van der Waals surface area contributed by atoms with Gasteiger partial charge in [-0.2, -0.15) is 18.3 Å². The second kappa shape index (κ2) is 6.73. The van der Waals surface area contributed by atoms with Gasteiger partial charge in [0.05, 0.1) is 27.2 Å². The first-order valence-corrected chi connectivity index (χ1v) is 9.92. The van der Waals surface area contributed by atoms with Gasteiger partial charge in [0, 0.05) is 17.3 Å². The van der Waals surface area contributed by atoms with Crippen molar-refractivity contribution in [1.29, 1.82) is 0 Å². The molecular formula is C18H16ClF3N4OS.